The van der Waals surface area contributed by atoms with Gasteiger partial charge in [0.1, 0.15) is 5.82 Å². The fraction of sp³-hybridized carbons (Fsp3) is 0.545. The normalized spacial score (nSPS) is 20.8. The molecule has 0 unspecified atom stereocenters. The Morgan fingerprint density at radius 3 is 2.78 bits per heavy atom. The van der Waals surface area contributed by atoms with Gasteiger partial charge in [-0.15, -0.1) is 0 Å². The molecular weight excluding hydrogens is 267 g/mol. The fourth-order valence-electron chi connectivity index (χ4n) is 1.87. The number of hydrogen-bond acceptors (Lipinski definition) is 3. The van der Waals surface area contributed by atoms with Crippen LogP contribution < -0.4 is 10.6 Å². The van der Waals surface area contributed by atoms with Crippen molar-refractivity contribution in [2.75, 3.05) is 18.4 Å². The first-order chi connectivity index (χ1) is 8.47. The van der Waals surface area contributed by atoms with Crippen LogP contribution in [0.15, 0.2) is 12.3 Å². The summed E-state index contributed by atoms with van der Waals surface area (Å²) >= 11 is 5.81. The standard InChI is InChI=1S/C11H13ClF3N3/c12-9-4-7(11(13,14)15)5-17-10(9)18-8-2-1-3-16-6-8/h4-5,8,16H,1-3,6H2,(H,17,18)/t8-/m1/s1. The van der Waals surface area contributed by atoms with Gasteiger partial charge in [-0.1, -0.05) is 11.6 Å². The molecule has 1 aromatic rings. The van der Waals surface area contributed by atoms with Crippen molar-refractivity contribution in [2.24, 2.45) is 0 Å². The van der Waals surface area contributed by atoms with Crippen molar-refractivity contribution in [2.45, 2.75) is 25.1 Å². The van der Waals surface area contributed by atoms with Crippen LogP contribution in [0.2, 0.25) is 5.02 Å². The molecule has 1 atom stereocenters. The molecule has 0 spiro atoms. The molecule has 0 bridgehead atoms. The first-order valence-corrected chi connectivity index (χ1v) is 6.04. The van der Waals surface area contributed by atoms with Gasteiger partial charge in [-0.3, -0.25) is 0 Å². The largest absolute Gasteiger partial charge is 0.417 e. The molecule has 0 aromatic carbocycles. The van der Waals surface area contributed by atoms with E-state index in [0.29, 0.717) is 5.82 Å². The zero-order chi connectivity index (χ0) is 13.2. The maximum absolute atomic E-state index is 12.4. The van der Waals surface area contributed by atoms with E-state index in [2.05, 4.69) is 15.6 Å². The van der Waals surface area contributed by atoms with E-state index in [1.54, 1.807) is 0 Å². The third-order valence-electron chi connectivity index (χ3n) is 2.81. The highest BCUT2D eigenvalue weighted by Crippen LogP contribution is 2.32. The smallest absolute Gasteiger partial charge is 0.365 e. The second-order valence-electron chi connectivity index (χ2n) is 4.24. The molecule has 0 aliphatic carbocycles. The summed E-state index contributed by atoms with van der Waals surface area (Å²) < 4.78 is 37.3. The van der Waals surface area contributed by atoms with Crippen LogP contribution in [0, 0.1) is 0 Å². The van der Waals surface area contributed by atoms with Gasteiger partial charge in [-0.05, 0) is 25.5 Å². The van der Waals surface area contributed by atoms with Crippen LogP contribution >= 0.6 is 11.6 Å². The second-order valence-corrected chi connectivity index (χ2v) is 4.65. The highest BCUT2D eigenvalue weighted by Gasteiger charge is 2.31. The number of piperidine rings is 1. The Balaban J connectivity index is 2.09. The van der Waals surface area contributed by atoms with Crippen LogP contribution in [0.4, 0.5) is 19.0 Å². The van der Waals surface area contributed by atoms with Gasteiger partial charge in [0.05, 0.1) is 10.6 Å². The summed E-state index contributed by atoms with van der Waals surface area (Å²) in [5, 5.41) is 6.25. The summed E-state index contributed by atoms with van der Waals surface area (Å²) in [6.45, 7) is 1.73. The van der Waals surface area contributed by atoms with E-state index in [4.69, 9.17) is 11.6 Å². The number of nitrogens with zero attached hydrogens (tertiary/aromatic N) is 1. The zero-order valence-corrected chi connectivity index (χ0v) is 10.3. The van der Waals surface area contributed by atoms with Crippen molar-refractivity contribution < 1.29 is 13.2 Å². The molecule has 100 valence electrons. The molecule has 1 fully saturated rings. The van der Waals surface area contributed by atoms with Crippen LogP contribution in [0.5, 0.6) is 0 Å². The molecule has 1 saturated heterocycles. The first-order valence-electron chi connectivity index (χ1n) is 5.67. The van der Waals surface area contributed by atoms with Crippen LogP contribution in [0.3, 0.4) is 0 Å². The molecule has 1 aliphatic heterocycles. The lowest BCUT2D eigenvalue weighted by atomic mass is 10.1. The molecule has 7 heteroatoms. The van der Waals surface area contributed by atoms with E-state index in [0.717, 1.165) is 38.2 Å². The maximum Gasteiger partial charge on any atom is 0.417 e. The summed E-state index contributed by atoms with van der Waals surface area (Å²) in [6, 6.07) is 1.05. The molecule has 3 nitrogen and oxygen atoms in total. The van der Waals surface area contributed by atoms with Crippen molar-refractivity contribution in [3.63, 3.8) is 0 Å². The van der Waals surface area contributed by atoms with Crippen LogP contribution in [-0.2, 0) is 6.18 Å². The van der Waals surface area contributed by atoms with Crippen LogP contribution in [0.25, 0.3) is 0 Å². The summed E-state index contributed by atoms with van der Waals surface area (Å²) in [6.07, 6.45) is -1.64. The molecule has 2 N–H and O–H groups in total. The number of nitrogens with one attached hydrogen (secondary N) is 2. The third-order valence-corrected chi connectivity index (χ3v) is 3.09. The van der Waals surface area contributed by atoms with E-state index in [1.807, 2.05) is 0 Å². The number of alkyl halides is 3. The second kappa shape index (κ2) is 5.32. The zero-order valence-electron chi connectivity index (χ0n) is 9.52. The minimum atomic E-state index is -4.42. The first kappa shape index (κ1) is 13.4. The number of rotatable bonds is 2. The number of pyridine rings is 1. The lowest BCUT2D eigenvalue weighted by molar-refractivity contribution is -0.137. The van der Waals surface area contributed by atoms with Gasteiger partial charge in [-0.2, -0.15) is 13.2 Å². The average Bonchev–Trinajstić information content (AvgIpc) is 2.32. The van der Waals surface area contributed by atoms with Gasteiger partial charge < -0.3 is 10.6 Å². The molecule has 1 aliphatic rings. The molecule has 2 rings (SSSR count). The van der Waals surface area contributed by atoms with Crippen molar-refractivity contribution >= 4 is 17.4 Å². The highest BCUT2D eigenvalue weighted by molar-refractivity contribution is 6.33. The Morgan fingerprint density at radius 2 is 2.22 bits per heavy atom. The fourth-order valence-corrected chi connectivity index (χ4v) is 2.09. The Labute approximate surface area is 108 Å². The lowest BCUT2D eigenvalue weighted by Crippen LogP contribution is -2.38. The Kier molecular flexibility index (Phi) is 3.97. The molecule has 2 heterocycles. The van der Waals surface area contributed by atoms with Crippen molar-refractivity contribution in [1.29, 1.82) is 0 Å². The third kappa shape index (κ3) is 3.26. The molecule has 0 saturated carbocycles. The summed E-state index contributed by atoms with van der Waals surface area (Å²) in [4.78, 5) is 3.75. The topological polar surface area (TPSA) is 37.0 Å². The molecule has 0 radical (unpaired) electrons. The van der Waals surface area contributed by atoms with Gasteiger partial charge in [0, 0.05) is 18.8 Å². The van der Waals surface area contributed by atoms with Gasteiger partial charge >= 0.3 is 6.18 Å². The van der Waals surface area contributed by atoms with Gasteiger partial charge in [0.15, 0.2) is 0 Å². The van der Waals surface area contributed by atoms with Crippen LogP contribution in [-0.4, -0.2) is 24.1 Å². The van der Waals surface area contributed by atoms with Crippen molar-refractivity contribution in [3.8, 4) is 0 Å². The molecular formula is C11H13ClF3N3. The SMILES string of the molecule is FC(F)(F)c1cnc(N[C@@H]2CCCNC2)c(Cl)c1. The van der Waals surface area contributed by atoms with E-state index < -0.39 is 11.7 Å². The summed E-state index contributed by atoms with van der Waals surface area (Å²) in [7, 11) is 0. The van der Waals surface area contributed by atoms with Gasteiger partial charge in [-0.25, -0.2) is 4.98 Å². The Morgan fingerprint density at radius 1 is 1.44 bits per heavy atom. The van der Waals surface area contributed by atoms with Crippen molar-refractivity contribution in [1.82, 2.24) is 10.3 Å². The number of halogens is 4. The van der Waals surface area contributed by atoms with E-state index >= 15 is 0 Å². The predicted molar refractivity (Wildman–Crippen MR) is 63.8 cm³/mol. The van der Waals surface area contributed by atoms with Crippen molar-refractivity contribution in [3.05, 3.63) is 22.8 Å². The van der Waals surface area contributed by atoms with Crippen LogP contribution in [0.1, 0.15) is 18.4 Å². The van der Waals surface area contributed by atoms with E-state index in [1.165, 1.54) is 0 Å². The average molecular weight is 280 g/mol. The Bertz CT molecular complexity index is 416. The predicted octanol–water partition coefficient (Wildman–Crippen LogP) is 2.92. The molecule has 0 amide bonds. The monoisotopic (exact) mass is 279 g/mol. The molecule has 18 heavy (non-hydrogen) atoms. The number of aromatic nitrogens is 1. The maximum atomic E-state index is 12.4. The Hall–Kier alpha value is -1.01. The quantitative estimate of drug-likeness (QED) is 0.874. The number of anilines is 1. The van der Waals surface area contributed by atoms with E-state index in [-0.39, 0.29) is 11.1 Å². The molecule has 1 aromatic heterocycles. The summed E-state index contributed by atoms with van der Waals surface area (Å²) in [5.41, 5.74) is -0.834. The number of hydrogen-bond donors (Lipinski definition) is 2. The van der Waals surface area contributed by atoms with Gasteiger partial charge in [0.25, 0.3) is 0 Å². The van der Waals surface area contributed by atoms with Gasteiger partial charge in [0.2, 0.25) is 0 Å². The lowest BCUT2D eigenvalue weighted by Gasteiger charge is -2.24. The summed E-state index contributed by atoms with van der Waals surface area (Å²) in [5.74, 6) is 0.304. The highest BCUT2D eigenvalue weighted by atomic mass is 35.5. The minimum Gasteiger partial charge on any atom is -0.365 e. The minimum absolute atomic E-state index is 0.00426. The van der Waals surface area contributed by atoms with E-state index in [9.17, 15) is 13.2 Å².